The molecule has 0 radical (unpaired) electrons. The van der Waals surface area contributed by atoms with Gasteiger partial charge in [-0.15, -0.1) is 6.58 Å². The fourth-order valence-corrected chi connectivity index (χ4v) is 5.58. The van der Waals surface area contributed by atoms with Gasteiger partial charge in [-0.2, -0.15) is 0 Å². The SMILES string of the molecule is C=CCN1[C@@H]2CC[C@H]1CC(N(c1ccc(C(=O)N(CC)CC)cc1)c1cccc(O)c1)C2. The zero-order valence-electron chi connectivity index (χ0n) is 19.3. The van der Waals surface area contributed by atoms with E-state index >= 15 is 0 Å². The first-order valence-electron chi connectivity index (χ1n) is 11.9. The zero-order valence-corrected chi connectivity index (χ0v) is 19.3. The minimum atomic E-state index is 0.0706. The van der Waals surface area contributed by atoms with Crippen LogP contribution in [0.2, 0.25) is 0 Å². The van der Waals surface area contributed by atoms with E-state index in [1.807, 2.05) is 49.1 Å². The minimum Gasteiger partial charge on any atom is -0.508 e. The molecule has 2 bridgehead atoms. The van der Waals surface area contributed by atoms with Crippen LogP contribution in [0.1, 0.15) is 49.9 Å². The van der Waals surface area contributed by atoms with E-state index in [1.54, 1.807) is 6.07 Å². The Hall–Kier alpha value is -2.79. The van der Waals surface area contributed by atoms with E-state index in [4.69, 9.17) is 0 Å². The van der Waals surface area contributed by atoms with Gasteiger partial charge in [0.15, 0.2) is 0 Å². The van der Waals surface area contributed by atoms with Crippen molar-refractivity contribution >= 4 is 17.3 Å². The van der Waals surface area contributed by atoms with Crippen molar-refractivity contribution in [2.24, 2.45) is 0 Å². The van der Waals surface area contributed by atoms with Crippen LogP contribution in [0.15, 0.2) is 61.2 Å². The number of rotatable bonds is 8. The van der Waals surface area contributed by atoms with Gasteiger partial charge in [-0.1, -0.05) is 12.1 Å². The molecule has 2 heterocycles. The quantitative estimate of drug-likeness (QED) is 0.582. The van der Waals surface area contributed by atoms with E-state index in [-0.39, 0.29) is 11.7 Å². The molecular weight excluding hydrogens is 398 g/mol. The van der Waals surface area contributed by atoms with E-state index in [0.29, 0.717) is 36.8 Å². The van der Waals surface area contributed by atoms with Crippen LogP contribution >= 0.6 is 0 Å². The van der Waals surface area contributed by atoms with Crippen molar-refractivity contribution in [3.63, 3.8) is 0 Å². The lowest BCUT2D eigenvalue weighted by Gasteiger charge is -2.44. The number of anilines is 2. The van der Waals surface area contributed by atoms with Gasteiger partial charge in [0, 0.05) is 60.8 Å². The van der Waals surface area contributed by atoms with Crippen LogP contribution in [0, 0.1) is 0 Å². The van der Waals surface area contributed by atoms with Crippen LogP contribution in [0.4, 0.5) is 11.4 Å². The summed E-state index contributed by atoms with van der Waals surface area (Å²) in [6.07, 6.45) is 6.66. The standard InChI is InChI=1S/C27H35N3O2/c1-4-16-29-22-14-15-23(29)18-25(17-22)30(24-8-7-9-26(31)19-24)21-12-10-20(11-13-21)27(32)28(5-2)6-3/h4,7-13,19,22-23,25,31H,1,5-6,14-18H2,2-3H3/t22-,23+,25?. The van der Waals surface area contributed by atoms with Gasteiger partial charge in [0.25, 0.3) is 5.91 Å². The molecule has 2 aromatic rings. The average molecular weight is 434 g/mol. The molecule has 2 aromatic carbocycles. The molecule has 1 N–H and O–H groups in total. The highest BCUT2D eigenvalue weighted by molar-refractivity contribution is 5.94. The highest BCUT2D eigenvalue weighted by Gasteiger charge is 2.42. The summed E-state index contributed by atoms with van der Waals surface area (Å²) >= 11 is 0. The van der Waals surface area contributed by atoms with Crippen LogP contribution < -0.4 is 4.90 Å². The molecule has 0 saturated carbocycles. The van der Waals surface area contributed by atoms with Crippen molar-refractivity contribution in [3.05, 3.63) is 66.7 Å². The van der Waals surface area contributed by atoms with Crippen LogP contribution in [-0.2, 0) is 0 Å². The predicted molar refractivity (Wildman–Crippen MR) is 131 cm³/mol. The molecule has 1 unspecified atom stereocenters. The topological polar surface area (TPSA) is 47.0 Å². The van der Waals surface area contributed by atoms with Crippen molar-refractivity contribution in [2.45, 2.75) is 57.7 Å². The monoisotopic (exact) mass is 433 g/mol. The number of carbonyl (C=O) groups is 1. The lowest BCUT2D eigenvalue weighted by atomic mass is 9.94. The molecule has 0 aliphatic carbocycles. The van der Waals surface area contributed by atoms with E-state index < -0.39 is 0 Å². The molecule has 5 nitrogen and oxygen atoms in total. The zero-order chi connectivity index (χ0) is 22.7. The van der Waals surface area contributed by atoms with Gasteiger partial charge < -0.3 is 14.9 Å². The number of benzene rings is 2. The molecule has 4 rings (SSSR count). The summed E-state index contributed by atoms with van der Waals surface area (Å²) in [5.74, 6) is 0.342. The predicted octanol–water partition coefficient (Wildman–Crippen LogP) is 5.19. The Balaban J connectivity index is 1.64. The summed E-state index contributed by atoms with van der Waals surface area (Å²) < 4.78 is 0. The van der Waals surface area contributed by atoms with E-state index in [0.717, 1.165) is 30.8 Å². The van der Waals surface area contributed by atoms with Crippen molar-refractivity contribution in [2.75, 3.05) is 24.5 Å². The largest absolute Gasteiger partial charge is 0.508 e. The van der Waals surface area contributed by atoms with Crippen LogP contribution in [0.5, 0.6) is 5.75 Å². The molecule has 2 aliphatic heterocycles. The number of aromatic hydroxyl groups is 1. The number of piperidine rings is 1. The Labute approximate surface area is 191 Å². The Morgan fingerprint density at radius 2 is 1.72 bits per heavy atom. The summed E-state index contributed by atoms with van der Waals surface area (Å²) in [6.45, 7) is 10.3. The number of phenols is 1. The lowest BCUT2D eigenvalue weighted by Crippen LogP contribution is -2.49. The minimum absolute atomic E-state index is 0.0706. The van der Waals surface area contributed by atoms with E-state index in [1.165, 1.54) is 12.8 Å². The number of phenolic OH excluding ortho intramolecular Hbond substituents is 1. The number of carbonyl (C=O) groups excluding carboxylic acids is 1. The number of amides is 1. The molecule has 32 heavy (non-hydrogen) atoms. The molecule has 1 amide bonds. The van der Waals surface area contributed by atoms with Gasteiger partial charge in [-0.05, 0) is 75.9 Å². The van der Waals surface area contributed by atoms with Gasteiger partial charge in [0.05, 0.1) is 0 Å². The number of hydrogen-bond donors (Lipinski definition) is 1. The summed E-state index contributed by atoms with van der Waals surface area (Å²) in [5, 5.41) is 10.2. The van der Waals surface area contributed by atoms with E-state index in [2.05, 4.69) is 34.6 Å². The van der Waals surface area contributed by atoms with Crippen LogP contribution in [0.25, 0.3) is 0 Å². The highest BCUT2D eigenvalue weighted by atomic mass is 16.3. The first-order chi connectivity index (χ1) is 15.5. The maximum Gasteiger partial charge on any atom is 0.253 e. The first kappa shape index (κ1) is 22.4. The average Bonchev–Trinajstić information content (AvgIpc) is 3.03. The summed E-state index contributed by atoms with van der Waals surface area (Å²) in [5.41, 5.74) is 2.77. The van der Waals surface area contributed by atoms with Gasteiger partial charge in [0.1, 0.15) is 5.75 Å². The van der Waals surface area contributed by atoms with Gasteiger partial charge in [0.2, 0.25) is 0 Å². The van der Waals surface area contributed by atoms with Gasteiger partial charge in [-0.25, -0.2) is 0 Å². The maximum atomic E-state index is 12.8. The van der Waals surface area contributed by atoms with Crippen molar-refractivity contribution in [3.8, 4) is 5.75 Å². The van der Waals surface area contributed by atoms with Crippen molar-refractivity contribution in [1.82, 2.24) is 9.80 Å². The molecule has 2 aliphatic rings. The lowest BCUT2D eigenvalue weighted by molar-refractivity contribution is 0.0773. The Kier molecular flexibility index (Phi) is 6.85. The summed E-state index contributed by atoms with van der Waals surface area (Å²) in [4.78, 5) is 19.6. The number of hydrogen-bond acceptors (Lipinski definition) is 4. The molecule has 5 heteroatoms. The second-order valence-electron chi connectivity index (χ2n) is 8.91. The van der Waals surface area contributed by atoms with E-state index in [9.17, 15) is 9.90 Å². The van der Waals surface area contributed by atoms with Crippen molar-refractivity contribution in [1.29, 1.82) is 0 Å². The molecule has 0 spiro atoms. The normalized spacial score (nSPS) is 22.5. The van der Waals surface area contributed by atoms with Crippen LogP contribution in [-0.4, -0.2) is 58.6 Å². The van der Waals surface area contributed by atoms with Gasteiger partial charge >= 0.3 is 0 Å². The molecular formula is C27H35N3O2. The first-order valence-corrected chi connectivity index (χ1v) is 11.9. The second-order valence-corrected chi connectivity index (χ2v) is 8.91. The summed E-state index contributed by atoms with van der Waals surface area (Å²) in [7, 11) is 0. The third-order valence-electron chi connectivity index (χ3n) is 7.12. The molecule has 3 atom stereocenters. The van der Waals surface area contributed by atoms with Gasteiger partial charge in [-0.3, -0.25) is 9.69 Å². The third kappa shape index (κ3) is 4.40. The Morgan fingerprint density at radius 1 is 1.06 bits per heavy atom. The smallest absolute Gasteiger partial charge is 0.253 e. The molecule has 0 aromatic heterocycles. The maximum absolute atomic E-state index is 12.8. The molecule has 2 saturated heterocycles. The Bertz CT molecular complexity index is 924. The molecule has 170 valence electrons. The fourth-order valence-electron chi connectivity index (χ4n) is 5.58. The number of nitrogens with zero attached hydrogens (tertiary/aromatic N) is 3. The van der Waals surface area contributed by atoms with Crippen LogP contribution in [0.3, 0.4) is 0 Å². The third-order valence-corrected chi connectivity index (χ3v) is 7.12. The fraction of sp³-hybridized carbons (Fsp3) is 0.444. The highest BCUT2D eigenvalue weighted by Crippen LogP contribution is 2.42. The Morgan fingerprint density at radius 3 is 2.28 bits per heavy atom. The second kappa shape index (κ2) is 9.78. The number of fused-ring (bicyclic) bond motifs is 2. The van der Waals surface area contributed by atoms with Crippen molar-refractivity contribution < 1.29 is 9.90 Å². The molecule has 2 fully saturated rings. The summed E-state index contributed by atoms with van der Waals surface area (Å²) in [6, 6.07) is 17.0.